The summed E-state index contributed by atoms with van der Waals surface area (Å²) in [6.07, 6.45) is 11.9. The molecule has 0 heterocycles. The Kier molecular flexibility index (Phi) is 5.01. The lowest BCUT2D eigenvalue weighted by molar-refractivity contribution is -0.100. The van der Waals surface area contributed by atoms with Crippen LogP contribution in [0.4, 0.5) is 5.69 Å². The summed E-state index contributed by atoms with van der Waals surface area (Å²) in [6.45, 7) is 7.15. The van der Waals surface area contributed by atoms with Crippen LogP contribution < -0.4 is 5.32 Å². The van der Waals surface area contributed by atoms with Crippen LogP contribution in [-0.4, -0.2) is 16.7 Å². The van der Waals surface area contributed by atoms with Crippen LogP contribution in [0.15, 0.2) is 30.3 Å². The van der Waals surface area contributed by atoms with Gasteiger partial charge in [0.25, 0.3) is 0 Å². The van der Waals surface area contributed by atoms with Gasteiger partial charge in [0.2, 0.25) is 0 Å². The minimum atomic E-state index is -0.395. The van der Waals surface area contributed by atoms with E-state index in [1.807, 2.05) is 0 Å². The summed E-state index contributed by atoms with van der Waals surface area (Å²) in [7, 11) is 0. The highest BCUT2D eigenvalue weighted by Gasteiger charge is 2.58. The first-order valence-electron chi connectivity index (χ1n) is 12.4. The monoisotopic (exact) mass is 395 g/mol. The molecule has 2 unspecified atom stereocenters. The number of benzene rings is 1. The van der Waals surface area contributed by atoms with Gasteiger partial charge in [-0.3, -0.25) is 0 Å². The number of hydrogen-bond donors (Lipinski definition) is 2. The van der Waals surface area contributed by atoms with Crippen molar-refractivity contribution >= 4 is 5.69 Å². The molecule has 1 aromatic rings. The molecular weight excluding hydrogens is 354 g/mol. The number of nitrogens with one attached hydrogen (secondary N) is 1. The van der Waals surface area contributed by atoms with E-state index in [1.54, 1.807) is 0 Å². The minimum absolute atomic E-state index is 0.395. The van der Waals surface area contributed by atoms with Crippen molar-refractivity contribution in [3.8, 4) is 0 Å². The Bertz CT molecular complexity index is 715. The molecule has 160 valence electrons. The lowest BCUT2D eigenvalue weighted by Crippen LogP contribution is -2.51. The van der Waals surface area contributed by atoms with Gasteiger partial charge < -0.3 is 10.4 Å². The second-order valence-corrected chi connectivity index (χ2v) is 11.7. The molecule has 4 aliphatic carbocycles. The predicted octanol–water partition coefficient (Wildman–Crippen LogP) is 6.51. The van der Waals surface area contributed by atoms with Gasteiger partial charge in [-0.15, -0.1) is 0 Å². The van der Waals surface area contributed by atoms with Crippen LogP contribution in [0.1, 0.15) is 78.6 Å². The van der Waals surface area contributed by atoms with E-state index in [1.165, 1.54) is 50.6 Å². The maximum Gasteiger partial charge on any atom is 0.0622 e. The van der Waals surface area contributed by atoms with Gasteiger partial charge in [0.05, 0.1) is 5.60 Å². The maximum atomic E-state index is 10.6. The van der Waals surface area contributed by atoms with Crippen LogP contribution in [-0.2, 0) is 0 Å². The summed E-state index contributed by atoms with van der Waals surface area (Å²) in [5.41, 5.74) is 1.39. The summed E-state index contributed by atoms with van der Waals surface area (Å²) in [5.74, 6) is 5.30. The second kappa shape index (κ2) is 7.29. The highest BCUT2D eigenvalue weighted by molar-refractivity contribution is 5.43. The molecule has 2 heteroatoms. The van der Waals surface area contributed by atoms with Crippen molar-refractivity contribution in [2.45, 2.75) is 90.2 Å². The van der Waals surface area contributed by atoms with Crippen LogP contribution in [0.2, 0.25) is 0 Å². The standard InChI is InChI=1S/C27H41NO/c1-18(28-20-7-5-4-6-8-20)24-11-12-25-23-10-9-19-17-26(2,29)15-13-21(19)22(23)14-16-27(24,25)3/h4-8,18-19,21-25,28-29H,9-17H2,1-3H3/t18-,19+,21-,22?,23+,24+,25?,26+,27+/m0/s1. The number of rotatable bonds is 3. The molecule has 0 radical (unpaired) electrons. The summed E-state index contributed by atoms with van der Waals surface area (Å²) < 4.78 is 0. The quantitative estimate of drug-likeness (QED) is 0.611. The van der Waals surface area contributed by atoms with Gasteiger partial charge in [0.15, 0.2) is 0 Å². The van der Waals surface area contributed by atoms with Crippen molar-refractivity contribution in [3.05, 3.63) is 30.3 Å². The van der Waals surface area contributed by atoms with E-state index in [-0.39, 0.29) is 0 Å². The molecule has 0 amide bonds. The fourth-order valence-corrected chi connectivity index (χ4v) is 8.84. The van der Waals surface area contributed by atoms with Crippen molar-refractivity contribution in [1.82, 2.24) is 0 Å². The summed E-state index contributed by atoms with van der Waals surface area (Å²) >= 11 is 0. The Morgan fingerprint density at radius 2 is 1.66 bits per heavy atom. The first-order valence-corrected chi connectivity index (χ1v) is 12.4. The molecule has 9 atom stereocenters. The molecule has 4 fully saturated rings. The molecule has 5 rings (SSSR count). The molecule has 0 bridgehead atoms. The largest absolute Gasteiger partial charge is 0.390 e. The number of anilines is 1. The SMILES string of the molecule is C[C@H](Nc1ccccc1)[C@H]1CCC2[C@@H]3CC[C@@H]4C[C@](C)(O)CC[C@@H]4C3CC[C@@]21C. The zero-order chi connectivity index (χ0) is 20.2. The molecule has 0 aliphatic heterocycles. The zero-order valence-electron chi connectivity index (χ0n) is 18.7. The van der Waals surface area contributed by atoms with Gasteiger partial charge in [-0.1, -0.05) is 25.1 Å². The fourth-order valence-electron chi connectivity index (χ4n) is 8.84. The van der Waals surface area contributed by atoms with Crippen molar-refractivity contribution < 1.29 is 5.11 Å². The van der Waals surface area contributed by atoms with Gasteiger partial charge >= 0.3 is 0 Å². The van der Waals surface area contributed by atoms with E-state index in [4.69, 9.17) is 0 Å². The van der Waals surface area contributed by atoms with E-state index in [0.29, 0.717) is 11.5 Å². The second-order valence-electron chi connectivity index (χ2n) is 11.7. The lowest BCUT2D eigenvalue weighted by Gasteiger charge is -2.57. The number of para-hydroxylation sites is 1. The van der Waals surface area contributed by atoms with E-state index < -0.39 is 5.60 Å². The summed E-state index contributed by atoms with van der Waals surface area (Å²) in [6, 6.07) is 11.3. The van der Waals surface area contributed by atoms with Gasteiger partial charge in [-0.2, -0.15) is 0 Å². The molecule has 0 aromatic heterocycles. The van der Waals surface area contributed by atoms with Crippen molar-refractivity contribution in [2.24, 2.45) is 40.9 Å². The normalized spacial score (nSPS) is 47.6. The van der Waals surface area contributed by atoms with Gasteiger partial charge in [-0.25, -0.2) is 0 Å². The van der Waals surface area contributed by atoms with E-state index in [0.717, 1.165) is 48.3 Å². The lowest BCUT2D eigenvalue weighted by atomic mass is 9.49. The first-order chi connectivity index (χ1) is 13.9. The van der Waals surface area contributed by atoms with Crippen LogP contribution in [0.25, 0.3) is 0 Å². The number of hydrogen-bond acceptors (Lipinski definition) is 2. The summed E-state index contributed by atoms with van der Waals surface area (Å²) in [4.78, 5) is 0. The molecule has 4 aliphatic rings. The predicted molar refractivity (Wildman–Crippen MR) is 121 cm³/mol. The zero-order valence-corrected chi connectivity index (χ0v) is 18.7. The molecule has 0 spiro atoms. The van der Waals surface area contributed by atoms with E-state index >= 15 is 0 Å². The average molecular weight is 396 g/mol. The molecule has 0 saturated heterocycles. The first kappa shape index (κ1) is 19.9. The van der Waals surface area contributed by atoms with Gasteiger partial charge in [0, 0.05) is 11.7 Å². The highest BCUT2D eigenvalue weighted by atomic mass is 16.3. The van der Waals surface area contributed by atoms with Crippen molar-refractivity contribution in [3.63, 3.8) is 0 Å². The Hall–Kier alpha value is -1.02. The van der Waals surface area contributed by atoms with E-state index in [9.17, 15) is 5.11 Å². The topological polar surface area (TPSA) is 32.3 Å². The molecule has 1 aromatic carbocycles. The molecule has 29 heavy (non-hydrogen) atoms. The molecule has 2 nitrogen and oxygen atoms in total. The van der Waals surface area contributed by atoms with Crippen LogP contribution in [0, 0.1) is 40.9 Å². The minimum Gasteiger partial charge on any atom is -0.390 e. The smallest absolute Gasteiger partial charge is 0.0622 e. The molecular formula is C27H41NO. The third kappa shape index (κ3) is 3.44. The van der Waals surface area contributed by atoms with Crippen LogP contribution in [0.3, 0.4) is 0 Å². The Morgan fingerprint density at radius 1 is 0.897 bits per heavy atom. The maximum absolute atomic E-state index is 10.6. The van der Waals surface area contributed by atoms with Crippen LogP contribution in [0.5, 0.6) is 0 Å². The van der Waals surface area contributed by atoms with Gasteiger partial charge in [-0.05, 0) is 125 Å². The Balaban J connectivity index is 1.31. The molecule has 2 N–H and O–H groups in total. The Labute approximate surface area is 177 Å². The third-order valence-corrected chi connectivity index (χ3v) is 10.1. The third-order valence-electron chi connectivity index (χ3n) is 10.1. The van der Waals surface area contributed by atoms with E-state index in [2.05, 4.69) is 56.4 Å². The van der Waals surface area contributed by atoms with Crippen molar-refractivity contribution in [2.75, 3.05) is 5.32 Å². The number of aliphatic hydroxyl groups is 1. The Morgan fingerprint density at radius 3 is 2.45 bits per heavy atom. The molecule has 4 saturated carbocycles. The fraction of sp³-hybridized carbons (Fsp3) is 0.778. The average Bonchev–Trinajstić information content (AvgIpc) is 3.05. The van der Waals surface area contributed by atoms with Gasteiger partial charge in [0.1, 0.15) is 0 Å². The highest BCUT2D eigenvalue weighted by Crippen LogP contribution is 2.65. The number of fused-ring (bicyclic) bond motifs is 5. The summed E-state index contributed by atoms with van der Waals surface area (Å²) in [5, 5.41) is 14.5. The van der Waals surface area contributed by atoms with Crippen molar-refractivity contribution in [1.29, 1.82) is 0 Å². The van der Waals surface area contributed by atoms with Crippen LogP contribution >= 0.6 is 0 Å².